The van der Waals surface area contributed by atoms with Crippen LogP contribution in [-0.2, 0) is 6.54 Å². The number of anilines is 1. The molecule has 2 amide bonds. The molecule has 1 saturated heterocycles. The molecule has 1 fully saturated rings. The van der Waals surface area contributed by atoms with Gasteiger partial charge in [-0.15, -0.1) is 0 Å². The molecule has 3 aromatic rings. The van der Waals surface area contributed by atoms with E-state index < -0.39 is 0 Å². The van der Waals surface area contributed by atoms with Gasteiger partial charge < -0.3 is 18.8 Å². The molecule has 8 nitrogen and oxygen atoms in total. The molecule has 0 bridgehead atoms. The Bertz CT molecular complexity index is 1290. The summed E-state index contributed by atoms with van der Waals surface area (Å²) in [4.78, 5) is 32.5. The van der Waals surface area contributed by atoms with Crippen molar-refractivity contribution in [3.8, 4) is 11.5 Å². The lowest BCUT2D eigenvalue weighted by Gasteiger charge is -2.36. The number of carbonyl (C=O) groups excluding carboxylic acids is 2. The molecule has 2 aromatic carbocycles. The van der Waals surface area contributed by atoms with Crippen molar-refractivity contribution in [1.82, 2.24) is 9.80 Å². The van der Waals surface area contributed by atoms with Crippen molar-refractivity contribution in [2.75, 3.05) is 44.4 Å². The number of nitrogens with zero attached hydrogens (tertiary/aromatic N) is 3. The summed E-state index contributed by atoms with van der Waals surface area (Å²) in [7, 11) is 0. The topological polar surface area (TPSA) is 75.5 Å². The van der Waals surface area contributed by atoms with E-state index >= 15 is 0 Å². The lowest BCUT2D eigenvalue weighted by Crippen LogP contribution is -2.46. The monoisotopic (exact) mass is 471 g/mol. The maximum atomic E-state index is 13.4. The number of amides is 2. The number of hydrogen-bond acceptors (Lipinski definition) is 7. The standard InChI is InChI=1S/C27H25N3O5/c31-26-21-6-1-7-22(29-13-11-28(12-14-29)10-2-4-20-5-3-15-33-20)25(21)27(32)30(26)17-19-8-9-23-24(16-19)35-18-34-23/h1-9,15-16H,10-14,17-18H2/b4-2+. The Morgan fingerprint density at radius 2 is 1.74 bits per heavy atom. The summed E-state index contributed by atoms with van der Waals surface area (Å²) < 4.78 is 16.1. The van der Waals surface area contributed by atoms with Gasteiger partial charge in [-0.2, -0.15) is 0 Å². The third-order valence-corrected chi connectivity index (χ3v) is 6.66. The predicted octanol–water partition coefficient (Wildman–Crippen LogP) is 3.64. The van der Waals surface area contributed by atoms with Gasteiger partial charge in [0, 0.05) is 32.7 Å². The van der Waals surface area contributed by atoms with E-state index in [1.807, 2.05) is 48.5 Å². The largest absolute Gasteiger partial charge is 0.465 e. The van der Waals surface area contributed by atoms with Crippen LogP contribution in [0.4, 0.5) is 5.69 Å². The normalized spacial score (nSPS) is 17.6. The minimum atomic E-state index is -0.258. The smallest absolute Gasteiger partial charge is 0.263 e. The Morgan fingerprint density at radius 3 is 2.57 bits per heavy atom. The lowest BCUT2D eigenvalue weighted by molar-refractivity contribution is 0.0642. The molecule has 8 heteroatoms. The van der Waals surface area contributed by atoms with Crippen molar-refractivity contribution in [3.63, 3.8) is 0 Å². The summed E-state index contributed by atoms with van der Waals surface area (Å²) >= 11 is 0. The van der Waals surface area contributed by atoms with Gasteiger partial charge in [-0.3, -0.25) is 19.4 Å². The van der Waals surface area contributed by atoms with E-state index in [2.05, 4.69) is 15.9 Å². The third-order valence-electron chi connectivity index (χ3n) is 6.66. The van der Waals surface area contributed by atoms with Gasteiger partial charge in [-0.25, -0.2) is 0 Å². The minimum Gasteiger partial charge on any atom is -0.465 e. The molecule has 0 N–H and O–H groups in total. The first-order chi connectivity index (χ1) is 17.2. The highest BCUT2D eigenvalue weighted by Crippen LogP contribution is 2.36. The number of furan rings is 1. The Labute approximate surface area is 202 Å². The summed E-state index contributed by atoms with van der Waals surface area (Å²) in [6.07, 6.45) is 5.75. The zero-order chi connectivity index (χ0) is 23.8. The lowest BCUT2D eigenvalue weighted by atomic mass is 10.1. The van der Waals surface area contributed by atoms with Crippen LogP contribution in [0.15, 0.2) is 65.3 Å². The summed E-state index contributed by atoms with van der Waals surface area (Å²) in [6, 6.07) is 14.9. The van der Waals surface area contributed by atoms with Gasteiger partial charge in [0.15, 0.2) is 11.5 Å². The van der Waals surface area contributed by atoms with Gasteiger partial charge in [0.2, 0.25) is 6.79 Å². The van der Waals surface area contributed by atoms with E-state index in [0.717, 1.165) is 49.7 Å². The average Bonchev–Trinajstić information content (AvgIpc) is 3.62. The number of rotatable bonds is 6. The minimum absolute atomic E-state index is 0.183. The average molecular weight is 472 g/mol. The first-order valence-electron chi connectivity index (χ1n) is 11.7. The van der Waals surface area contributed by atoms with Crippen LogP contribution in [0.1, 0.15) is 32.0 Å². The van der Waals surface area contributed by atoms with Crippen LogP contribution in [0.2, 0.25) is 0 Å². The van der Waals surface area contributed by atoms with Gasteiger partial charge in [0.25, 0.3) is 11.8 Å². The molecular weight excluding hydrogens is 446 g/mol. The number of hydrogen-bond donors (Lipinski definition) is 0. The fraction of sp³-hybridized carbons (Fsp3) is 0.259. The Hall–Kier alpha value is -4.04. The van der Waals surface area contributed by atoms with E-state index in [-0.39, 0.29) is 25.2 Å². The Kier molecular flexibility index (Phi) is 5.50. The molecule has 35 heavy (non-hydrogen) atoms. The first-order valence-corrected chi connectivity index (χ1v) is 11.7. The van der Waals surface area contributed by atoms with Crippen molar-refractivity contribution >= 4 is 23.6 Å². The quantitative estimate of drug-likeness (QED) is 0.508. The molecule has 1 aromatic heterocycles. The molecule has 0 atom stereocenters. The maximum Gasteiger partial charge on any atom is 0.263 e. The summed E-state index contributed by atoms with van der Waals surface area (Å²) in [5.74, 6) is 1.65. The van der Waals surface area contributed by atoms with Gasteiger partial charge in [-0.1, -0.05) is 18.2 Å². The van der Waals surface area contributed by atoms with Crippen molar-refractivity contribution in [2.45, 2.75) is 6.54 Å². The molecule has 0 radical (unpaired) electrons. The summed E-state index contributed by atoms with van der Waals surface area (Å²) in [5.41, 5.74) is 2.63. The number of piperazine rings is 1. The second-order valence-corrected chi connectivity index (χ2v) is 8.79. The maximum absolute atomic E-state index is 13.4. The molecule has 0 aliphatic carbocycles. The molecule has 3 aliphatic heterocycles. The predicted molar refractivity (Wildman–Crippen MR) is 130 cm³/mol. The van der Waals surface area contributed by atoms with Crippen LogP contribution in [-0.4, -0.2) is 61.1 Å². The number of fused-ring (bicyclic) bond motifs is 2. The van der Waals surface area contributed by atoms with Crippen molar-refractivity contribution in [2.24, 2.45) is 0 Å². The van der Waals surface area contributed by atoms with E-state index in [4.69, 9.17) is 13.9 Å². The SMILES string of the molecule is O=C1c2cccc(N3CCN(C/C=C/c4ccco4)CC3)c2C(=O)N1Cc1ccc2c(c1)OCO2. The Morgan fingerprint density at radius 1 is 0.886 bits per heavy atom. The fourth-order valence-electron chi connectivity index (χ4n) is 4.82. The van der Waals surface area contributed by atoms with Crippen LogP contribution in [0.5, 0.6) is 11.5 Å². The van der Waals surface area contributed by atoms with E-state index in [1.165, 1.54) is 4.90 Å². The summed E-state index contributed by atoms with van der Waals surface area (Å²) in [5, 5.41) is 0. The number of ether oxygens (including phenoxy) is 2. The summed E-state index contributed by atoms with van der Waals surface area (Å²) in [6.45, 7) is 4.52. The third kappa shape index (κ3) is 4.06. The molecular formula is C27H25N3O5. The number of carbonyl (C=O) groups is 2. The second kappa shape index (κ2) is 8.96. The highest BCUT2D eigenvalue weighted by atomic mass is 16.7. The molecule has 6 rings (SSSR count). The van der Waals surface area contributed by atoms with E-state index in [0.29, 0.717) is 22.6 Å². The van der Waals surface area contributed by atoms with Crippen molar-refractivity contribution in [3.05, 3.63) is 83.3 Å². The highest BCUT2D eigenvalue weighted by Gasteiger charge is 2.39. The molecule has 4 heterocycles. The molecule has 0 saturated carbocycles. The van der Waals surface area contributed by atoms with Crippen molar-refractivity contribution < 1.29 is 23.5 Å². The molecule has 3 aliphatic rings. The van der Waals surface area contributed by atoms with Crippen LogP contribution in [0.25, 0.3) is 6.08 Å². The fourth-order valence-corrected chi connectivity index (χ4v) is 4.82. The Balaban J connectivity index is 1.14. The van der Waals surface area contributed by atoms with Gasteiger partial charge in [0.1, 0.15) is 5.76 Å². The van der Waals surface area contributed by atoms with Crippen LogP contribution in [0, 0.1) is 0 Å². The highest BCUT2D eigenvalue weighted by molar-refractivity contribution is 6.23. The first kappa shape index (κ1) is 21.5. The van der Waals surface area contributed by atoms with E-state index in [1.54, 1.807) is 12.3 Å². The van der Waals surface area contributed by atoms with Crippen LogP contribution in [0.3, 0.4) is 0 Å². The second-order valence-electron chi connectivity index (χ2n) is 8.79. The van der Waals surface area contributed by atoms with E-state index in [9.17, 15) is 9.59 Å². The van der Waals surface area contributed by atoms with Gasteiger partial charge >= 0.3 is 0 Å². The van der Waals surface area contributed by atoms with Crippen molar-refractivity contribution in [1.29, 1.82) is 0 Å². The van der Waals surface area contributed by atoms with Gasteiger partial charge in [0.05, 0.1) is 29.6 Å². The number of benzene rings is 2. The van der Waals surface area contributed by atoms with Gasteiger partial charge in [-0.05, 0) is 48.0 Å². The molecule has 0 unspecified atom stereocenters. The van der Waals surface area contributed by atoms with Crippen LogP contribution >= 0.6 is 0 Å². The van der Waals surface area contributed by atoms with Crippen LogP contribution < -0.4 is 14.4 Å². The zero-order valence-electron chi connectivity index (χ0n) is 19.2. The molecule has 0 spiro atoms. The zero-order valence-corrected chi connectivity index (χ0v) is 19.2. The molecule has 178 valence electrons. The number of imide groups is 1.